The summed E-state index contributed by atoms with van der Waals surface area (Å²) in [5, 5.41) is 1.31. The number of hydrogen-bond donors (Lipinski definition) is 0. The molecule has 4 rings (SSSR count). The minimum atomic E-state index is 1.26. The Bertz CT molecular complexity index is 984. The number of pyridine rings is 1. The molecule has 0 radical (unpaired) electrons. The van der Waals surface area contributed by atoms with E-state index in [-0.39, 0.29) is 0 Å². The van der Waals surface area contributed by atoms with Gasteiger partial charge in [-0.05, 0) is 48.4 Å². The van der Waals surface area contributed by atoms with Crippen molar-refractivity contribution >= 4 is 39.9 Å². The van der Waals surface area contributed by atoms with Crippen molar-refractivity contribution < 1.29 is 0 Å². The van der Waals surface area contributed by atoms with Crippen LogP contribution in [0.2, 0.25) is 0 Å². The molecule has 2 aromatic carbocycles. The van der Waals surface area contributed by atoms with Gasteiger partial charge in [0, 0.05) is 26.9 Å². The van der Waals surface area contributed by atoms with Gasteiger partial charge in [0.25, 0.3) is 0 Å². The number of benzene rings is 2. The minimum absolute atomic E-state index is 1.26. The summed E-state index contributed by atoms with van der Waals surface area (Å²) in [6, 6.07) is 22.0. The summed E-state index contributed by atoms with van der Waals surface area (Å²) in [5.41, 5.74) is 5.13. The summed E-state index contributed by atoms with van der Waals surface area (Å²) in [6.07, 6.45) is 6.47. The van der Waals surface area contributed by atoms with Crippen LogP contribution in [0.25, 0.3) is 27.5 Å². The summed E-state index contributed by atoms with van der Waals surface area (Å²) >= 11 is 3.56. The van der Waals surface area contributed by atoms with E-state index in [9.17, 15) is 0 Å². The van der Waals surface area contributed by atoms with E-state index < -0.39 is 0 Å². The number of aromatic nitrogens is 1. The van der Waals surface area contributed by atoms with Gasteiger partial charge in [0.15, 0.2) is 0 Å². The van der Waals surface area contributed by atoms with E-state index in [0.717, 1.165) is 0 Å². The summed E-state index contributed by atoms with van der Waals surface area (Å²) < 4.78 is 2.32. The van der Waals surface area contributed by atoms with Crippen LogP contribution in [-0.2, 0) is 0 Å². The maximum atomic E-state index is 2.32. The Kier molecular flexibility index (Phi) is 3.83. The number of thioether (sulfide) groups is 2. The van der Waals surface area contributed by atoms with Crippen LogP contribution in [0, 0.1) is 0 Å². The molecule has 1 nitrogen and oxygen atoms in total. The van der Waals surface area contributed by atoms with Gasteiger partial charge in [-0.2, -0.15) is 0 Å². The van der Waals surface area contributed by atoms with Gasteiger partial charge in [-0.15, -0.1) is 23.5 Å². The Morgan fingerprint density at radius 2 is 1.39 bits per heavy atom. The molecule has 0 amide bonds. The van der Waals surface area contributed by atoms with Crippen molar-refractivity contribution in [2.75, 3.05) is 12.5 Å². The Hall–Kier alpha value is -1.84. The van der Waals surface area contributed by atoms with E-state index in [1.807, 2.05) is 0 Å². The monoisotopic (exact) mass is 335 g/mol. The van der Waals surface area contributed by atoms with Gasteiger partial charge < -0.3 is 4.40 Å². The zero-order chi connectivity index (χ0) is 15.8. The van der Waals surface area contributed by atoms with Crippen LogP contribution in [0.15, 0.2) is 76.7 Å². The topological polar surface area (TPSA) is 4.41 Å². The van der Waals surface area contributed by atoms with E-state index >= 15 is 0 Å². The minimum Gasteiger partial charge on any atom is -0.315 e. The maximum Gasteiger partial charge on any atom is 0.0541 e. The molecule has 0 bridgehead atoms. The van der Waals surface area contributed by atoms with Crippen molar-refractivity contribution in [3.8, 4) is 11.1 Å². The predicted octanol–water partition coefficient (Wildman–Crippen LogP) is 6.20. The number of fused-ring (bicyclic) bond motifs is 3. The quantitative estimate of drug-likeness (QED) is 0.410. The summed E-state index contributed by atoms with van der Waals surface area (Å²) in [5.74, 6) is 0. The van der Waals surface area contributed by atoms with Gasteiger partial charge in [0.2, 0.25) is 0 Å². The van der Waals surface area contributed by atoms with E-state index in [4.69, 9.17) is 0 Å². The first-order valence-corrected chi connectivity index (χ1v) is 9.98. The molecule has 0 aliphatic rings. The molecule has 0 aliphatic heterocycles. The van der Waals surface area contributed by atoms with Crippen LogP contribution < -0.4 is 0 Å². The van der Waals surface area contributed by atoms with Gasteiger partial charge in [0.05, 0.1) is 11.0 Å². The molecule has 4 aromatic rings. The molecular weight excluding hydrogens is 318 g/mol. The lowest BCUT2D eigenvalue weighted by molar-refractivity contribution is 1.19. The Morgan fingerprint density at radius 1 is 0.696 bits per heavy atom. The zero-order valence-electron chi connectivity index (χ0n) is 13.1. The van der Waals surface area contributed by atoms with E-state index in [1.165, 1.54) is 37.3 Å². The third-order valence-corrected chi connectivity index (χ3v) is 5.68. The second-order valence-electron chi connectivity index (χ2n) is 5.44. The lowest BCUT2D eigenvalue weighted by Crippen LogP contribution is -1.85. The molecule has 0 spiro atoms. The number of rotatable bonds is 3. The first kappa shape index (κ1) is 14.7. The fourth-order valence-electron chi connectivity index (χ4n) is 3.10. The number of para-hydroxylation sites is 1. The normalized spacial score (nSPS) is 11.4. The molecule has 3 heteroatoms. The number of hydrogen-bond acceptors (Lipinski definition) is 2. The number of nitrogens with zero attached hydrogens (tertiary/aromatic N) is 1. The van der Waals surface area contributed by atoms with Gasteiger partial charge >= 0.3 is 0 Å². The molecule has 0 saturated carbocycles. The maximum absolute atomic E-state index is 2.32. The fourth-order valence-corrected chi connectivity index (χ4v) is 3.92. The third kappa shape index (κ3) is 2.44. The molecule has 0 saturated heterocycles. The van der Waals surface area contributed by atoms with Crippen LogP contribution in [0.5, 0.6) is 0 Å². The fraction of sp³-hybridized carbons (Fsp3) is 0.100. The highest BCUT2D eigenvalue weighted by Crippen LogP contribution is 2.36. The molecule has 23 heavy (non-hydrogen) atoms. The summed E-state index contributed by atoms with van der Waals surface area (Å²) in [4.78, 5) is 2.58. The Morgan fingerprint density at radius 3 is 2.13 bits per heavy atom. The van der Waals surface area contributed by atoms with Crippen molar-refractivity contribution in [2.45, 2.75) is 9.79 Å². The van der Waals surface area contributed by atoms with Crippen molar-refractivity contribution in [1.82, 2.24) is 4.40 Å². The molecule has 2 aromatic heterocycles. The van der Waals surface area contributed by atoms with Gasteiger partial charge in [-0.25, -0.2) is 0 Å². The molecule has 0 atom stereocenters. The average Bonchev–Trinajstić information content (AvgIpc) is 2.95. The smallest absolute Gasteiger partial charge is 0.0541 e. The van der Waals surface area contributed by atoms with Crippen molar-refractivity contribution in [1.29, 1.82) is 0 Å². The second-order valence-corrected chi connectivity index (χ2v) is 7.20. The van der Waals surface area contributed by atoms with Crippen LogP contribution in [0.1, 0.15) is 0 Å². The van der Waals surface area contributed by atoms with Gasteiger partial charge in [-0.3, -0.25) is 0 Å². The standard InChI is InChI=1S/C20H17NS2/c1-22-15-9-7-14(8-10-15)20-17-5-3-4-6-18(17)21-13-16(23-2)11-12-19(20)21/h3-13H,1-2H3. The van der Waals surface area contributed by atoms with Crippen LogP contribution in [0.4, 0.5) is 0 Å². The van der Waals surface area contributed by atoms with Crippen molar-refractivity contribution in [3.05, 3.63) is 66.9 Å². The van der Waals surface area contributed by atoms with E-state index in [0.29, 0.717) is 0 Å². The molecule has 0 unspecified atom stereocenters. The largest absolute Gasteiger partial charge is 0.315 e. The summed E-state index contributed by atoms with van der Waals surface area (Å²) in [7, 11) is 0. The highest BCUT2D eigenvalue weighted by molar-refractivity contribution is 7.98. The molecule has 0 aliphatic carbocycles. The molecule has 0 N–H and O–H groups in total. The second kappa shape index (κ2) is 5.99. The SMILES string of the molecule is CSc1ccc(-c2c3ccccc3n3cc(SC)ccc23)cc1. The van der Waals surface area contributed by atoms with Crippen LogP contribution in [0.3, 0.4) is 0 Å². The first-order valence-electron chi connectivity index (χ1n) is 7.53. The van der Waals surface area contributed by atoms with E-state index in [2.05, 4.69) is 83.8 Å². The zero-order valence-corrected chi connectivity index (χ0v) is 14.7. The molecule has 2 heterocycles. The van der Waals surface area contributed by atoms with Gasteiger partial charge in [-0.1, -0.05) is 30.3 Å². The molecule has 0 fully saturated rings. The van der Waals surface area contributed by atoms with Crippen molar-refractivity contribution in [2.24, 2.45) is 0 Å². The average molecular weight is 335 g/mol. The van der Waals surface area contributed by atoms with E-state index in [1.54, 1.807) is 23.5 Å². The first-order chi connectivity index (χ1) is 11.3. The van der Waals surface area contributed by atoms with Gasteiger partial charge in [0.1, 0.15) is 0 Å². The highest BCUT2D eigenvalue weighted by Gasteiger charge is 2.13. The summed E-state index contributed by atoms with van der Waals surface area (Å²) in [6.45, 7) is 0. The van der Waals surface area contributed by atoms with Crippen LogP contribution in [-0.4, -0.2) is 16.9 Å². The lowest BCUT2D eigenvalue weighted by atomic mass is 10.0. The van der Waals surface area contributed by atoms with Crippen LogP contribution >= 0.6 is 23.5 Å². The highest BCUT2D eigenvalue weighted by atomic mass is 32.2. The Balaban J connectivity index is 2.06. The lowest BCUT2D eigenvalue weighted by Gasteiger charge is -2.04. The Labute approximate surface area is 144 Å². The van der Waals surface area contributed by atoms with Crippen molar-refractivity contribution in [3.63, 3.8) is 0 Å². The predicted molar refractivity (Wildman–Crippen MR) is 104 cm³/mol. The molecular formula is C20H17NS2. The molecule has 114 valence electrons. The third-order valence-electron chi connectivity index (χ3n) is 4.22.